The zero-order valence-corrected chi connectivity index (χ0v) is 16.6. The average molecular weight is 405 g/mol. The summed E-state index contributed by atoms with van der Waals surface area (Å²) in [5.41, 5.74) is 0.414. The van der Waals surface area contributed by atoms with Crippen LogP contribution >= 0.6 is 0 Å². The molecule has 0 aliphatic carbocycles. The van der Waals surface area contributed by atoms with Crippen LogP contribution in [0.3, 0.4) is 0 Å². The second-order valence-electron chi connectivity index (χ2n) is 6.43. The monoisotopic (exact) mass is 405 g/mol. The smallest absolute Gasteiger partial charge is 0.304 e. The Morgan fingerprint density at radius 1 is 1.07 bits per heavy atom. The van der Waals surface area contributed by atoms with Gasteiger partial charge in [0.05, 0.1) is 12.2 Å². The summed E-state index contributed by atoms with van der Waals surface area (Å²) in [4.78, 5) is 12.5. The molecule has 0 bridgehead atoms. The lowest BCUT2D eigenvalue weighted by molar-refractivity contribution is -0.120. The molecule has 9 heteroatoms. The normalized spacial score (nSPS) is 15.9. The van der Waals surface area contributed by atoms with Crippen LogP contribution in [0.2, 0.25) is 0 Å². The SMILES string of the molecule is CN(C)S(=O)(=O)N(CC(=O)NC[C@@H]1COc2ccccc2O1)c1ccccc1. The molecule has 0 spiro atoms. The molecule has 1 aliphatic rings. The molecule has 28 heavy (non-hydrogen) atoms. The first-order valence-corrected chi connectivity index (χ1v) is 10.2. The topological polar surface area (TPSA) is 88.2 Å². The number of amides is 1. The van der Waals surface area contributed by atoms with Gasteiger partial charge in [0.15, 0.2) is 11.5 Å². The Kier molecular flexibility index (Phi) is 6.05. The Morgan fingerprint density at radius 3 is 2.39 bits per heavy atom. The van der Waals surface area contributed by atoms with Crippen LogP contribution in [0.15, 0.2) is 54.6 Å². The molecule has 0 radical (unpaired) electrons. The van der Waals surface area contributed by atoms with Gasteiger partial charge in [-0.3, -0.25) is 4.79 Å². The van der Waals surface area contributed by atoms with E-state index in [-0.39, 0.29) is 19.2 Å². The van der Waals surface area contributed by atoms with Crippen LogP contribution in [0.5, 0.6) is 11.5 Å². The molecule has 1 atom stereocenters. The third kappa shape index (κ3) is 4.55. The van der Waals surface area contributed by atoms with Gasteiger partial charge in [0.25, 0.3) is 0 Å². The van der Waals surface area contributed by atoms with Crippen molar-refractivity contribution in [3.63, 3.8) is 0 Å². The summed E-state index contributed by atoms with van der Waals surface area (Å²) in [5, 5.41) is 2.73. The molecule has 2 aromatic carbocycles. The van der Waals surface area contributed by atoms with Crippen LogP contribution in [0.4, 0.5) is 5.69 Å². The summed E-state index contributed by atoms with van der Waals surface area (Å²) >= 11 is 0. The van der Waals surface area contributed by atoms with E-state index in [4.69, 9.17) is 9.47 Å². The molecule has 1 aliphatic heterocycles. The number of nitrogens with zero attached hydrogens (tertiary/aromatic N) is 2. The van der Waals surface area contributed by atoms with Crippen molar-refractivity contribution in [1.29, 1.82) is 0 Å². The molecule has 8 nitrogen and oxygen atoms in total. The average Bonchev–Trinajstić information content (AvgIpc) is 2.70. The maximum atomic E-state index is 12.6. The quantitative estimate of drug-likeness (QED) is 0.749. The Labute approximate surface area is 164 Å². The van der Waals surface area contributed by atoms with E-state index in [2.05, 4.69) is 5.32 Å². The third-order valence-corrected chi connectivity index (χ3v) is 5.99. The van der Waals surface area contributed by atoms with Crippen molar-refractivity contribution in [2.24, 2.45) is 0 Å². The molecule has 0 unspecified atom stereocenters. The highest BCUT2D eigenvalue weighted by Gasteiger charge is 2.28. The van der Waals surface area contributed by atoms with Crippen molar-refractivity contribution in [1.82, 2.24) is 9.62 Å². The number of hydrogen-bond acceptors (Lipinski definition) is 5. The van der Waals surface area contributed by atoms with Crippen molar-refractivity contribution in [2.75, 3.05) is 38.1 Å². The van der Waals surface area contributed by atoms with Crippen LogP contribution in [-0.2, 0) is 15.0 Å². The number of ether oxygens (including phenoxy) is 2. The highest BCUT2D eigenvalue weighted by Crippen LogP contribution is 2.30. The first-order valence-electron chi connectivity index (χ1n) is 8.78. The van der Waals surface area contributed by atoms with Crippen LogP contribution < -0.4 is 19.1 Å². The molecule has 1 N–H and O–H groups in total. The summed E-state index contributed by atoms with van der Waals surface area (Å²) in [6.45, 7) is 0.169. The van der Waals surface area contributed by atoms with E-state index in [1.165, 1.54) is 14.1 Å². The number of anilines is 1. The fraction of sp³-hybridized carbons (Fsp3) is 0.316. The predicted octanol–water partition coefficient (Wildman–Crippen LogP) is 1.26. The maximum Gasteiger partial charge on any atom is 0.304 e. The molecule has 0 saturated carbocycles. The van der Waals surface area contributed by atoms with Crippen molar-refractivity contribution in [3.8, 4) is 11.5 Å². The lowest BCUT2D eigenvalue weighted by atomic mass is 10.2. The van der Waals surface area contributed by atoms with Crippen molar-refractivity contribution in [2.45, 2.75) is 6.10 Å². The lowest BCUT2D eigenvalue weighted by Crippen LogP contribution is -2.48. The van der Waals surface area contributed by atoms with Gasteiger partial charge in [0.2, 0.25) is 5.91 Å². The zero-order valence-electron chi connectivity index (χ0n) is 15.7. The minimum Gasteiger partial charge on any atom is -0.486 e. The van der Waals surface area contributed by atoms with E-state index in [0.29, 0.717) is 23.8 Å². The van der Waals surface area contributed by atoms with Gasteiger partial charge < -0.3 is 14.8 Å². The van der Waals surface area contributed by atoms with Crippen LogP contribution in [0.1, 0.15) is 0 Å². The minimum atomic E-state index is -3.82. The third-order valence-electron chi connectivity index (χ3n) is 4.17. The Hall–Kier alpha value is -2.78. The molecule has 2 aromatic rings. The molecule has 0 aromatic heterocycles. The van der Waals surface area contributed by atoms with Gasteiger partial charge >= 0.3 is 10.2 Å². The minimum absolute atomic E-state index is 0.206. The zero-order chi connectivity index (χ0) is 20.1. The molecule has 150 valence electrons. The molecular weight excluding hydrogens is 382 g/mol. The van der Waals surface area contributed by atoms with Crippen LogP contribution in [0, 0.1) is 0 Å². The molecule has 1 amide bonds. The fourth-order valence-electron chi connectivity index (χ4n) is 2.68. The summed E-state index contributed by atoms with van der Waals surface area (Å²) in [6, 6.07) is 15.8. The molecule has 0 saturated heterocycles. The predicted molar refractivity (Wildman–Crippen MR) is 106 cm³/mol. The van der Waals surface area contributed by atoms with Gasteiger partial charge in [0.1, 0.15) is 19.3 Å². The molecule has 3 rings (SSSR count). The summed E-state index contributed by atoms with van der Waals surface area (Å²) in [7, 11) is -0.972. The Balaban J connectivity index is 1.63. The summed E-state index contributed by atoms with van der Waals surface area (Å²) in [6.07, 6.45) is -0.352. The molecule has 1 heterocycles. The first kappa shape index (κ1) is 20.0. The van der Waals surface area contributed by atoms with Gasteiger partial charge in [-0.15, -0.1) is 0 Å². The molecule has 0 fully saturated rings. The van der Waals surface area contributed by atoms with Gasteiger partial charge in [-0.2, -0.15) is 12.7 Å². The van der Waals surface area contributed by atoms with E-state index in [0.717, 1.165) is 8.61 Å². The van der Waals surface area contributed by atoms with E-state index in [1.54, 1.807) is 36.4 Å². The van der Waals surface area contributed by atoms with Gasteiger partial charge in [-0.1, -0.05) is 30.3 Å². The first-order chi connectivity index (χ1) is 13.4. The number of benzene rings is 2. The van der Waals surface area contributed by atoms with E-state index >= 15 is 0 Å². The summed E-state index contributed by atoms with van der Waals surface area (Å²) < 4.78 is 38.8. The second kappa shape index (κ2) is 8.49. The van der Waals surface area contributed by atoms with E-state index in [9.17, 15) is 13.2 Å². The maximum absolute atomic E-state index is 12.6. The fourth-order valence-corrected chi connectivity index (χ4v) is 3.74. The highest BCUT2D eigenvalue weighted by atomic mass is 32.2. The number of rotatable bonds is 7. The van der Waals surface area contributed by atoms with Crippen LogP contribution in [-0.4, -0.2) is 58.5 Å². The van der Waals surface area contributed by atoms with E-state index in [1.807, 2.05) is 18.2 Å². The standard InChI is InChI=1S/C19H23N3O5S/c1-21(2)28(24,25)22(15-8-4-3-5-9-15)13-19(23)20-12-16-14-26-17-10-6-7-11-18(17)27-16/h3-11,16H,12-14H2,1-2H3,(H,20,23)/t16-/m1/s1. The number of nitrogens with one attached hydrogen (secondary N) is 1. The number of para-hydroxylation sites is 3. The van der Waals surface area contributed by atoms with Crippen molar-refractivity contribution in [3.05, 3.63) is 54.6 Å². The number of fused-ring (bicyclic) bond motifs is 1. The van der Waals surface area contributed by atoms with Crippen molar-refractivity contribution < 1.29 is 22.7 Å². The number of carbonyl (C=O) groups is 1. The Bertz CT molecular complexity index is 918. The van der Waals surface area contributed by atoms with Crippen LogP contribution in [0.25, 0.3) is 0 Å². The lowest BCUT2D eigenvalue weighted by Gasteiger charge is -2.28. The van der Waals surface area contributed by atoms with Gasteiger partial charge in [-0.05, 0) is 24.3 Å². The second-order valence-corrected chi connectivity index (χ2v) is 8.50. The summed E-state index contributed by atoms with van der Waals surface area (Å²) in [5.74, 6) is 0.850. The van der Waals surface area contributed by atoms with Crippen molar-refractivity contribution >= 4 is 21.8 Å². The highest BCUT2D eigenvalue weighted by molar-refractivity contribution is 7.90. The van der Waals surface area contributed by atoms with Gasteiger partial charge in [0, 0.05) is 14.1 Å². The molecular formula is C19H23N3O5S. The van der Waals surface area contributed by atoms with E-state index < -0.39 is 16.1 Å². The number of carbonyl (C=O) groups excluding carboxylic acids is 1. The largest absolute Gasteiger partial charge is 0.486 e. The number of hydrogen-bond donors (Lipinski definition) is 1. The van der Waals surface area contributed by atoms with Gasteiger partial charge in [-0.25, -0.2) is 4.31 Å². The Morgan fingerprint density at radius 2 is 1.71 bits per heavy atom.